The maximum absolute atomic E-state index is 10.9. The summed E-state index contributed by atoms with van der Waals surface area (Å²) in [7, 11) is -3.52. The highest BCUT2D eigenvalue weighted by atomic mass is 32.2. The van der Waals surface area contributed by atoms with Crippen molar-refractivity contribution in [2.75, 3.05) is 19.5 Å². The number of sulfonamides is 1. The van der Waals surface area contributed by atoms with Gasteiger partial charge in [0, 0.05) is 13.0 Å². The summed E-state index contributed by atoms with van der Waals surface area (Å²) in [6.45, 7) is 0.143. The van der Waals surface area contributed by atoms with E-state index in [2.05, 4.69) is 4.72 Å². The largest absolute Gasteiger partial charge is 0.480 e. The summed E-state index contributed by atoms with van der Waals surface area (Å²) in [5.41, 5.74) is -1.46. The number of carbonyl (C=O) groups is 1. The molecule has 0 radical (unpaired) electrons. The van der Waals surface area contributed by atoms with Gasteiger partial charge in [0.1, 0.15) is 0 Å². The molecule has 7 heteroatoms. The van der Waals surface area contributed by atoms with Crippen molar-refractivity contribution in [1.29, 1.82) is 0 Å². The SMILES string of the molecule is CS(=O)(=O)NC1(C(=O)O)CCOC1. The second-order valence-electron chi connectivity index (χ2n) is 3.06. The maximum Gasteiger partial charge on any atom is 0.327 e. The lowest BCUT2D eigenvalue weighted by Crippen LogP contribution is -2.54. The smallest absolute Gasteiger partial charge is 0.327 e. The fourth-order valence-corrected chi connectivity index (χ4v) is 2.17. The van der Waals surface area contributed by atoms with Crippen LogP contribution in [0.1, 0.15) is 6.42 Å². The Morgan fingerprint density at radius 2 is 2.23 bits per heavy atom. The number of hydrogen-bond donors (Lipinski definition) is 2. The summed E-state index contributed by atoms with van der Waals surface area (Å²) >= 11 is 0. The Bertz CT molecular complexity index is 303. The van der Waals surface area contributed by atoms with Gasteiger partial charge in [0.2, 0.25) is 10.0 Å². The Kier molecular flexibility index (Phi) is 2.60. The second kappa shape index (κ2) is 3.24. The molecule has 0 bridgehead atoms. The van der Waals surface area contributed by atoms with Crippen LogP contribution in [0.5, 0.6) is 0 Å². The summed E-state index contributed by atoms with van der Waals surface area (Å²) in [6, 6.07) is 0. The van der Waals surface area contributed by atoms with Crippen LogP contribution in [0.3, 0.4) is 0 Å². The zero-order chi connectivity index (χ0) is 10.1. The third kappa shape index (κ3) is 2.39. The zero-order valence-electron chi connectivity index (χ0n) is 7.11. The maximum atomic E-state index is 10.9. The Morgan fingerprint density at radius 3 is 2.54 bits per heavy atom. The molecule has 1 unspecified atom stereocenters. The molecule has 0 aliphatic carbocycles. The molecule has 0 saturated carbocycles. The molecule has 1 aliphatic heterocycles. The molecule has 0 aromatic rings. The molecule has 1 atom stereocenters. The number of rotatable bonds is 3. The van der Waals surface area contributed by atoms with E-state index >= 15 is 0 Å². The van der Waals surface area contributed by atoms with Gasteiger partial charge in [-0.15, -0.1) is 0 Å². The zero-order valence-corrected chi connectivity index (χ0v) is 7.93. The molecule has 1 heterocycles. The van der Waals surface area contributed by atoms with Crippen molar-refractivity contribution in [3.63, 3.8) is 0 Å². The highest BCUT2D eigenvalue weighted by molar-refractivity contribution is 7.88. The van der Waals surface area contributed by atoms with Crippen LogP contribution in [0.15, 0.2) is 0 Å². The standard InChI is InChI=1S/C6H11NO5S/c1-13(10,11)7-6(5(8)9)2-3-12-4-6/h7H,2-4H2,1H3,(H,8,9). The molecule has 1 aliphatic rings. The van der Waals surface area contributed by atoms with E-state index in [4.69, 9.17) is 9.84 Å². The van der Waals surface area contributed by atoms with Gasteiger partial charge in [-0.3, -0.25) is 4.79 Å². The van der Waals surface area contributed by atoms with Crippen LogP contribution >= 0.6 is 0 Å². The van der Waals surface area contributed by atoms with E-state index in [1.54, 1.807) is 0 Å². The van der Waals surface area contributed by atoms with Crippen molar-refractivity contribution in [2.24, 2.45) is 0 Å². The number of carboxylic acids is 1. The van der Waals surface area contributed by atoms with Gasteiger partial charge < -0.3 is 9.84 Å². The topological polar surface area (TPSA) is 92.7 Å². The molecule has 76 valence electrons. The summed E-state index contributed by atoms with van der Waals surface area (Å²) < 4.78 is 28.7. The second-order valence-corrected chi connectivity index (χ2v) is 4.81. The van der Waals surface area contributed by atoms with Crippen molar-refractivity contribution in [3.8, 4) is 0 Å². The molecule has 0 aromatic carbocycles. The summed E-state index contributed by atoms with van der Waals surface area (Å²) in [6.07, 6.45) is 1.09. The Hall–Kier alpha value is -0.660. The molecule has 6 nitrogen and oxygen atoms in total. The average Bonchev–Trinajstić information content (AvgIpc) is 2.33. The van der Waals surface area contributed by atoms with Crippen LogP contribution < -0.4 is 4.72 Å². The van der Waals surface area contributed by atoms with Crippen LogP contribution in [0.4, 0.5) is 0 Å². The minimum absolute atomic E-state index is 0.116. The lowest BCUT2D eigenvalue weighted by atomic mass is 10.0. The highest BCUT2D eigenvalue weighted by Gasteiger charge is 2.44. The van der Waals surface area contributed by atoms with Crippen molar-refractivity contribution >= 4 is 16.0 Å². The third-order valence-electron chi connectivity index (χ3n) is 1.81. The first kappa shape index (κ1) is 10.4. The molecular weight excluding hydrogens is 198 g/mol. The van der Waals surface area contributed by atoms with Gasteiger partial charge >= 0.3 is 5.97 Å². The van der Waals surface area contributed by atoms with Gasteiger partial charge in [-0.1, -0.05) is 0 Å². The quantitative estimate of drug-likeness (QED) is 0.607. The van der Waals surface area contributed by atoms with E-state index in [0.717, 1.165) is 6.26 Å². The highest BCUT2D eigenvalue weighted by Crippen LogP contribution is 2.19. The molecule has 0 amide bonds. The van der Waals surface area contributed by atoms with Gasteiger partial charge in [-0.2, -0.15) is 4.72 Å². The first-order chi connectivity index (χ1) is 5.86. The fourth-order valence-electron chi connectivity index (χ4n) is 1.21. The molecule has 13 heavy (non-hydrogen) atoms. The number of hydrogen-bond acceptors (Lipinski definition) is 4. The predicted molar refractivity (Wildman–Crippen MR) is 43.8 cm³/mol. The van der Waals surface area contributed by atoms with Crippen LogP contribution in [0, 0.1) is 0 Å². The minimum atomic E-state index is -3.52. The lowest BCUT2D eigenvalue weighted by molar-refractivity contribution is -0.144. The number of nitrogens with one attached hydrogen (secondary N) is 1. The van der Waals surface area contributed by atoms with Gasteiger partial charge in [0.05, 0.1) is 12.9 Å². The first-order valence-corrected chi connectivity index (χ1v) is 5.55. The fraction of sp³-hybridized carbons (Fsp3) is 0.833. The lowest BCUT2D eigenvalue weighted by Gasteiger charge is -2.21. The third-order valence-corrected chi connectivity index (χ3v) is 2.57. The van der Waals surface area contributed by atoms with Crippen LogP contribution in [0.25, 0.3) is 0 Å². The average molecular weight is 209 g/mol. The summed E-state index contributed by atoms with van der Waals surface area (Å²) in [4.78, 5) is 10.8. The number of carboxylic acid groups (broad SMARTS) is 1. The van der Waals surface area contributed by atoms with Crippen LogP contribution in [-0.2, 0) is 19.6 Å². The van der Waals surface area contributed by atoms with E-state index in [9.17, 15) is 13.2 Å². The van der Waals surface area contributed by atoms with Gasteiger partial charge in [-0.05, 0) is 0 Å². The first-order valence-electron chi connectivity index (χ1n) is 3.66. The minimum Gasteiger partial charge on any atom is -0.480 e. The Morgan fingerprint density at radius 1 is 1.62 bits per heavy atom. The van der Waals surface area contributed by atoms with Crippen molar-refractivity contribution in [2.45, 2.75) is 12.0 Å². The van der Waals surface area contributed by atoms with Crippen LogP contribution in [-0.4, -0.2) is 44.5 Å². The molecule has 1 fully saturated rings. The monoisotopic (exact) mass is 209 g/mol. The summed E-state index contributed by atoms with van der Waals surface area (Å²) in [5, 5.41) is 8.82. The van der Waals surface area contributed by atoms with E-state index in [1.807, 2.05) is 0 Å². The number of aliphatic carboxylic acids is 1. The van der Waals surface area contributed by atoms with E-state index in [0.29, 0.717) is 0 Å². The van der Waals surface area contributed by atoms with Gasteiger partial charge in [-0.25, -0.2) is 8.42 Å². The molecule has 0 spiro atoms. The predicted octanol–water partition coefficient (Wildman–Crippen LogP) is -1.22. The molecule has 1 saturated heterocycles. The number of ether oxygens (including phenoxy) is 1. The van der Waals surface area contributed by atoms with E-state index in [-0.39, 0.29) is 19.6 Å². The summed E-state index contributed by atoms with van der Waals surface area (Å²) in [5.74, 6) is -1.20. The molecule has 1 rings (SSSR count). The Labute approximate surface area is 75.9 Å². The van der Waals surface area contributed by atoms with Crippen molar-refractivity contribution in [3.05, 3.63) is 0 Å². The molecular formula is C6H11NO5S. The molecule has 2 N–H and O–H groups in total. The van der Waals surface area contributed by atoms with E-state index in [1.165, 1.54) is 0 Å². The van der Waals surface area contributed by atoms with E-state index < -0.39 is 21.5 Å². The van der Waals surface area contributed by atoms with Crippen LogP contribution in [0.2, 0.25) is 0 Å². The van der Waals surface area contributed by atoms with Gasteiger partial charge in [0.25, 0.3) is 0 Å². The van der Waals surface area contributed by atoms with Gasteiger partial charge in [0.15, 0.2) is 5.54 Å². The molecule has 0 aromatic heterocycles. The Balaban J connectivity index is 2.86. The van der Waals surface area contributed by atoms with Crippen molar-refractivity contribution < 1.29 is 23.1 Å². The van der Waals surface area contributed by atoms with Crippen molar-refractivity contribution in [1.82, 2.24) is 4.72 Å². The normalized spacial score (nSPS) is 29.0.